The number of primary amides is 1. The molecule has 17 heavy (non-hydrogen) atoms. The van der Waals surface area contributed by atoms with Crippen LogP contribution >= 0.6 is 0 Å². The van der Waals surface area contributed by atoms with Gasteiger partial charge in [0.2, 0.25) is 6.33 Å². The summed E-state index contributed by atoms with van der Waals surface area (Å²) >= 11 is 0. The molecule has 1 heterocycles. The van der Waals surface area contributed by atoms with Gasteiger partial charge in [-0.15, -0.1) is 0 Å². The van der Waals surface area contributed by atoms with E-state index in [9.17, 15) is 4.79 Å². The van der Waals surface area contributed by atoms with Gasteiger partial charge in [0, 0.05) is 6.54 Å². The number of benzene rings is 1. The van der Waals surface area contributed by atoms with E-state index in [1.807, 2.05) is 32.6 Å². The molecule has 2 aromatic rings. The molecule has 0 aliphatic carbocycles. The number of aromatic amines is 1. The number of carbonyl (C=O) groups excluding carboxylic acids is 1. The van der Waals surface area contributed by atoms with Gasteiger partial charge in [0.05, 0.1) is 5.56 Å². The number of nitrogens with zero attached hydrogens (tertiary/aromatic N) is 2. The molecule has 1 amide bonds. The Morgan fingerprint density at radius 2 is 2.24 bits per heavy atom. The molecule has 1 aromatic heterocycles. The number of hydrogen-bond acceptors (Lipinski definition) is 2. The first-order valence-corrected chi connectivity index (χ1v) is 5.53. The first-order chi connectivity index (χ1) is 8.09. The lowest BCUT2D eigenvalue weighted by atomic mass is 10.2. The van der Waals surface area contributed by atoms with Crippen molar-refractivity contribution in [2.75, 3.05) is 20.6 Å². The molecule has 2 rings (SSSR count). The Kier molecular flexibility index (Phi) is 3.10. The Labute approximate surface area is 99.8 Å². The van der Waals surface area contributed by atoms with E-state index in [-0.39, 0.29) is 0 Å². The monoisotopic (exact) mass is 233 g/mol. The molecule has 0 radical (unpaired) electrons. The maximum Gasteiger partial charge on any atom is 0.253 e. The third kappa shape index (κ3) is 2.29. The second-order valence-corrected chi connectivity index (χ2v) is 4.33. The minimum Gasteiger partial charge on any atom is -0.365 e. The highest BCUT2D eigenvalue weighted by Gasteiger charge is 2.15. The average Bonchev–Trinajstić information content (AvgIpc) is 2.68. The topological polar surface area (TPSA) is 66.0 Å². The van der Waals surface area contributed by atoms with Gasteiger partial charge in [-0.25, -0.2) is 9.55 Å². The highest BCUT2D eigenvalue weighted by molar-refractivity contribution is 6.03. The standard InChI is InChI=1S/C12H16N4O/c1-15(2)6-7-16-8-14-11-9(12(13)17)4-3-5-10(11)16/h3-5,8H,6-7H2,1-2H3,(H2,13,17)/p+1. The van der Waals surface area contributed by atoms with Crippen LogP contribution in [0.4, 0.5) is 0 Å². The lowest BCUT2D eigenvalue weighted by Gasteiger charge is -2.06. The van der Waals surface area contributed by atoms with E-state index < -0.39 is 5.91 Å². The summed E-state index contributed by atoms with van der Waals surface area (Å²) in [6.45, 7) is 1.81. The van der Waals surface area contributed by atoms with Crippen LogP contribution < -0.4 is 10.3 Å². The van der Waals surface area contributed by atoms with Gasteiger partial charge < -0.3 is 10.6 Å². The summed E-state index contributed by atoms with van der Waals surface area (Å²) in [5, 5.41) is 0. The molecule has 5 heteroatoms. The molecule has 0 aliphatic heterocycles. The number of carbonyl (C=O) groups is 1. The van der Waals surface area contributed by atoms with Gasteiger partial charge in [0.15, 0.2) is 11.0 Å². The highest BCUT2D eigenvalue weighted by atomic mass is 16.1. The molecule has 0 fully saturated rings. The van der Waals surface area contributed by atoms with E-state index in [0.29, 0.717) is 5.56 Å². The van der Waals surface area contributed by atoms with E-state index in [1.165, 1.54) is 0 Å². The summed E-state index contributed by atoms with van der Waals surface area (Å²) in [7, 11) is 4.06. The molecule has 0 aliphatic rings. The molecule has 5 nitrogen and oxygen atoms in total. The van der Waals surface area contributed by atoms with E-state index in [2.05, 4.69) is 14.5 Å². The number of hydrogen-bond donors (Lipinski definition) is 2. The van der Waals surface area contributed by atoms with Crippen LogP contribution in [0.2, 0.25) is 0 Å². The van der Waals surface area contributed by atoms with Crippen LogP contribution in [-0.2, 0) is 6.54 Å². The van der Waals surface area contributed by atoms with Crippen molar-refractivity contribution in [3.63, 3.8) is 0 Å². The molecule has 1 aromatic carbocycles. The van der Waals surface area contributed by atoms with Gasteiger partial charge in [0.25, 0.3) is 5.91 Å². The van der Waals surface area contributed by atoms with E-state index >= 15 is 0 Å². The van der Waals surface area contributed by atoms with Crippen molar-refractivity contribution >= 4 is 16.9 Å². The molecule has 3 N–H and O–H groups in total. The number of aromatic nitrogens is 2. The second kappa shape index (κ2) is 4.55. The van der Waals surface area contributed by atoms with Gasteiger partial charge in [-0.05, 0) is 26.2 Å². The maximum absolute atomic E-state index is 11.3. The van der Waals surface area contributed by atoms with Gasteiger partial charge in [-0.1, -0.05) is 6.07 Å². The number of amides is 1. The van der Waals surface area contributed by atoms with Crippen molar-refractivity contribution in [2.24, 2.45) is 5.73 Å². The van der Waals surface area contributed by atoms with E-state index in [4.69, 9.17) is 5.73 Å². The summed E-state index contributed by atoms with van der Waals surface area (Å²) in [6, 6.07) is 5.56. The molecule has 0 saturated carbocycles. The minimum atomic E-state index is -0.405. The molecular formula is C12H17N4O+. The average molecular weight is 233 g/mol. The number of H-pyrrole nitrogens is 1. The zero-order valence-electron chi connectivity index (χ0n) is 10.1. The predicted octanol–water partition coefficient (Wildman–Crippen LogP) is 0.116. The van der Waals surface area contributed by atoms with Crippen molar-refractivity contribution in [1.29, 1.82) is 0 Å². The van der Waals surface area contributed by atoms with Crippen LogP contribution in [0.25, 0.3) is 11.0 Å². The SMILES string of the molecule is CN(C)CC[n+]1c[nH]c2c(C(N)=O)cccc21. The number of para-hydroxylation sites is 1. The first kappa shape index (κ1) is 11.6. The van der Waals surface area contributed by atoms with Crippen LogP contribution in [0.1, 0.15) is 10.4 Å². The maximum atomic E-state index is 11.3. The molecule has 90 valence electrons. The fourth-order valence-electron chi connectivity index (χ4n) is 1.84. The third-order valence-corrected chi connectivity index (χ3v) is 2.77. The van der Waals surface area contributed by atoms with Gasteiger partial charge in [-0.2, -0.15) is 0 Å². The largest absolute Gasteiger partial charge is 0.365 e. The molecule has 0 spiro atoms. The molecule has 0 unspecified atom stereocenters. The van der Waals surface area contributed by atoms with E-state index in [1.54, 1.807) is 6.07 Å². The minimum absolute atomic E-state index is 0.405. The lowest BCUT2D eigenvalue weighted by Crippen LogP contribution is -2.37. The number of nitrogens with two attached hydrogens (primary N) is 1. The smallest absolute Gasteiger partial charge is 0.253 e. The Hall–Kier alpha value is -1.88. The molecule has 0 atom stereocenters. The van der Waals surface area contributed by atoms with Crippen molar-refractivity contribution in [2.45, 2.75) is 6.54 Å². The van der Waals surface area contributed by atoms with Crippen LogP contribution in [0.3, 0.4) is 0 Å². The van der Waals surface area contributed by atoms with Gasteiger partial charge >= 0.3 is 0 Å². The molecule has 0 saturated heterocycles. The van der Waals surface area contributed by atoms with Crippen LogP contribution in [0.5, 0.6) is 0 Å². The fraction of sp³-hybridized carbons (Fsp3) is 0.333. The summed E-state index contributed by atoms with van der Waals surface area (Å²) in [5.41, 5.74) is 7.68. The Morgan fingerprint density at radius 1 is 1.47 bits per heavy atom. The Morgan fingerprint density at radius 3 is 2.88 bits per heavy atom. The summed E-state index contributed by atoms with van der Waals surface area (Å²) < 4.78 is 2.09. The number of imidazole rings is 1. The molecular weight excluding hydrogens is 216 g/mol. The zero-order chi connectivity index (χ0) is 12.4. The molecule has 0 bridgehead atoms. The predicted molar refractivity (Wildman–Crippen MR) is 65.6 cm³/mol. The van der Waals surface area contributed by atoms with Crippen molar-refractivity contribution in [1.82, 2.24) is 9.88 Å². The third-order valence-electron chi connectivity index (χ3n) is 2.77. The van der Waals surface area contributed by atoms with Crippen molar-refractivity contribution in [3.8, 4) is 0 Å². The number of nitrogens with one attached hydrogen (secondary N) is 1. The quantitative estimate of drug-likeness (QED) is 0.736. The van der Waals surface area contributed by atoms with Crippen molar-refractivity contribution < 1.29 is 9.36 Å². The zero-order valence-corrected chi connectivity index (χ0v) is 10.1. The summed E-state index contributed by atoms with van der Waals surface area (Å²) in [6.07, 6.45) is 1.88. The normalized spacial score (nSPS) is 11.2. The van der Waals surface area contributed by atoms with E-state index in [0.717, 1.165) is 24.1 Å². The Balaban J connectivity index is 2.40. The van der Waals surface area contributed by atoms with Gasteiger partial charge in [-0.3, -0.25) is 4.79 Å². The lowest BCUT2D eigenvalue weighted by molar-refractivity contribution is -0.670. The summed E-state index contributed by atoms with van der Waals surface area (Å²) in [4.78, 5) is 16.5. The number of likely N-dealkylation sites (N-methyl/N-ethyl adjacent to an activating group) is 1. The second-order valence-electron chi connectivity index (χ2n) is 4.33. The van der Waals surface area contributed by atoms with Crippen LogP contribution in [0, 0.1) is 0 Å². The van der Waals surface area contributed by atoms with Gasteiger partial charge in [0.1, 0.15) is 6.54 Å². The highest BCUT2D eigenvalue weighted by Crippen LogP contribution is 2.12. The van der Waals surface area contributed by atoms with Crippen molar-refractivity contribution in [3.05, 3.63) is 30.1 Å². The number of fused-ring (bicyclic) bond motifs is 1. The number of rotatable bonds is 4. The first-order valence-electron chi connectivity index (χ1n) is 5.53. The summed E-state index contributed by atoms with van der Waals surface area (Å²) in [5.74, 6) is -0.405. The van der Waals surface area contributed by atoms with Crippen LogP contribution in [0.15, 0.2) is 24.5 Å². The fourth-order valence-corrected chi connectivity index (χ4v) is 1.84. The Bertz CT molecular complexity index is 544. The van der Waals surface area contributed by atoms with Crippen LogP contribution in [-0.4, -0.2) is 36.4 Å².